The summed E-state index contributed by atoms with van der Waals surface area (Å²) in [6, 6.07) is 9.18. The fourth-order valence-electron chi connectivity index (χ4n) is 3.25. The molecule has 0 fully saturated rings. The van der Waals surface area contributed by atoms with Crippen molar-refractivity contribution in [2.24, 2.45) is 0 Å². The molecule has 4 rings (SSSR count). The molecular weight excluding hydrogens is 344 g/mol. The Morgan fingerprint density at radius 2 is 1.85 bits per heavy atom. The lowest BCUT2D eigenvalue weighted by molar-refractivity contribution is 0.171. The van der Waals surface area contributed by atoms with E-state index in [1.165, 1.54) is 6.26 Å². The van der Waals surface area contributed by atoms with Gasteiger partial charge in [0.2, 0.25) is 5.43 Å². The van der Waals surface area contributed by atoms with Gasteiger partial charge in [-0.25, -0.2) is 0 Å². The van der Waals surface area contributed by atoms with Crippen molar-refractivity contribution in [1.82, 2.24) is 0 Å². The van der Waals surface area contributed by atoms with Gasteiger partial charge in [-0.05, 0) is 49.6 Å². The molecule has 0 amide bonds. The molecule has 0 bridgehead atoms. The van der Waals surface area contributed by atoms with Crippen molar-refractivity contribution in [3.63, 3.8) is 0 Å². The second-order valence-electron chi connectivity index (χ2n) is 6.81. The van der Waals surface area contributed by atoms with Crippen LogP contribution in [0.25, 0.3) is 22.1 Å². The summed E-state index contributed by atoms with van der Waals surface area (Å²) in [5, 5.41) is 0.551. The maximum Gasteiger partial charge on any atom is 0.200 e. The van der Waals surface area contributed by atoms with Crippen LogP contribution in [0.3, 0.4) is 0 Å². The molecule has 27 heavy (non-hydrogen) atoms. The highest BCUT2D eigenvalue weighted by atomic mass is 16.6. The molecule has 2 heterocycles. The van der Waals surface area contributed by atoms with Crippen molar-refractivity contribution < 1.29 is 18.6 Å². The van der Waals surface area contributed by atoms with Gasteiger partial charge in [0, 0.05) is 6.07 Å². The van der Waals surface area contributed by atoms with E-state index < -0.39 is 0 Å². The van der Waals surface area contributed by atoms with Crippen LogP contribution in [0.2, 0.25) is 0 Å². The van der Waals surface area contributed by atoms with Crippen LogP contribution in [-0.2, 0) is 6.42 Å². The number of benzene rings is 2. The summed E-state index contributed by atoms with van der Waals surface area (Å²) in [5.74, 6) is 2.10. The molecule has 0 radical (unpaired) electrons. The molecule has 0 spiro atoms. The Hall–Kier alpha value is -2.95. The minimum absolute atomic E-state index is 0.0523. The highest BCUT2D eigenvalue weighted by molar-refractivity contribution is 5.84. The fraction of sp³-hybridized carbons (Fsp3) is 0.318. The van der Waals surface area contributed by atoms with Crippen molar-refractivity contribution in [1.29, 1.82) is 0 Å². The van der Waals surface area contributed by atoms with E-state index in [1.54, 1.807) is 0 Å². The summed E-state index contributed by atoms with van der Waals surface area (Å²) < 4.78 is 22.8. The SMILES string of the molecule is CCc1cc2c(=O)c(-c3ccc4c(c3)OCCO4)coc2cc1OC(C)C. The predicted octanol–water partition coefficient (Wildman–Crippen LogP) is 4.58. The van der Waals surface area contributed by atoms with Crippen molar-refractivity contribution in [3.05, 3.63) is 52.4 Å². The largest absolute Gasteiger partial charge is 0.491 e. The van der Waals surface area contributed by atoms with E-state index in [4.69, 9.17) is 18.6 Å². The molecule has 1 aromatic heterocycles. The van der Waals surface area contributed by atoms with Gasteiger partial charge in [-0.15, -0.1) is 0 Å². The zero-order valence-electron chi connectivity index (χ0n) is 15.7. The molecule has 0 saturated carbocycles. The molecule has 0 N–H and O–H groups in total. The Morgan fingerprint density at radius 1 is 1.07 bits per heavy atom. The quantitative estimate of drug-likeness (QED) is 0.676. The molecule has 3 aromatic rings. The van der Waals surface area contributed by atoms with Gasteiger partial charge in [-0.3, -0.25) is 4.79 Å². The van der Waals surface area contributed by atoms with E-state index in [9.17, 15) is 4.79 Å². The van der Waals surface area contributed by atoms with Gasteiger partial charge in [0.1, 0.15) is 30.8 Å². The first-order valence-electron chi connectivity index (χ1n) is 9.22. The smallest absolute Gasteiger partial charge is 0.200 e. The number of hydrogen-bond donors (Lipinski definition) is 0. The van der Waals surface area contributed by atoms with Crippen LogP contribution in [0.15, 0.2) is 45.8 Å². The molecule has 0 atom stereocenters. The summed E-state index contributed by atoms with van der Waals surface area (Å²) in [5.41, 5.74) is 2.69. The first-order valence-corrected chi connectivity index (χ1v) is 9.22. The summed E-state index contributed by atoms with van der Waals surface area (Å²) in [7, 11) is 0. The van der Waals surface area contributed by atoms with Gasteiger partial charge in [0.25, 0.3) is 0 Å². The van der Waals surface area contributed by atoms with E-state index in [1.807, 2.05) is 51.1 Å². The maximum atomic E-state index is 13.1. The minimum atomic E-state index is -0.0706. The van der Waals surface area contributed by atoms with Crippen LogP contribution in [0, 0.1) is 0 Å². The average Bonchev–Trinajstić information content (AvgIpc) is 2.67. The zero-order chi connectivity index (χ0) is 19.0. The topological polar surface area (TPSA) is 57.9 Å². The first kappa shape index (κ1) is 17.5. The third-order valence-electron chi connectivity index (χ3n) is 4.55. The maximum absolute atomic E-state index is 13.1. The number of hydrogen-bond acceptors (Lipinski definition) is 5. The first-order chi connectivity index (χ1) is 13.1. The third-order valence-corrected chi connectivity index (χ3v) is 4.55. The van der Waals surface area contributed by atoms with Gasteiger partial charge in [-0.1, -0.05) is 13.0 Å². The van der Waals surface area contributed by atoms with Gasteiger partial charge in [0.15, 0.2) is 11.5 Å². The number of fused-ring (bicyclic) bond motifs is 2. The fourth-order valence-corrected chi connectivity index (χ4v) is 3.25. The van der Waals surface area contributed by atoms with Gasteiger partial charge in [0.05, 0.1) is 17.1 Å². The van der Waals surface area contributed by atoms with Crippen LogP contribution in [0.5, 0.6) is 17.2 Å². The summed E-state index contributed by atoms with van der Waals surface area (Å²) in [6.45, 7) is 7.03. The lowest BCUT2D eigenvalue weighted by Crippen LogP contribution is -2.15. The lowest BCUT2D eigenvalue weighted by atomic mass is 10.0. The van der Waals surface area contributed by atoms with Crippen LogP contribution in [-0.4, -0.2) is 19.3 Å². The van der Waals surface area contributed by atoms with E-state index in [0.29, 0.717) is 41.2 Å². The minimum Gasteiger partial charge on any atom is -0.491 e. The highest BCUT2D eigenvalue weighted by Gasteiger charge is 2.17. The Balaban J connectivity index is 1.83. The van der Waals surface area contributed by atoms with Crippen LogP contribution >= 0.6 is 0 Å². The van der Waals surface area contributed by atoms with E-state index in [2.05, 4.69) is 0 Å². The lowest BCUT2D eigenvalue weighted by Gasteiger charge is -2.18. The van der Waals surface area contributed by atoms with Gasteiger partial charge < -0.3 is 18.6 Å². The molecule has 5 nitrogen and oxygen atoms in total. The average molecular weight is 366 g/mol. The molecule has 140 valence electrons. The van der Waals surface area contributed by atoms with E-state index in [-0.39, 0.29) is 11.5 Å². The highest BCUT2D eigenvalue weighted by Crippen LogP contribution is 2.34. The van der Waals surface area contributed by atoms with Crippen molar-refractivity contribution >= 4 is 11.0 Å². The molecule has 5 heteroatoms. The Morgan fingerprint density at radius 3 is 2.59 bits per heavy atom. The molecule has 0 saturated heterocycles. The Labute approximate surface area is 157 Å². The molecule has 0 aliphatic carbocycles. The third kappa shape index (κ3) is 3.25. The summed E-state index contributed by atoms with van der Waals surface area (Å²) in [6.07, 6.45) is 2.32. The normalized spacial score (nSPS) is 13.2. The molecular formula is C22H22O5. The number of aryl methyl sites for hydroxylation is 1. The Bertz CT molecular complexity index is 1050. The molecule has 1 aliphatic rings. The zero-order valence-corrected chi connectivity index (χ0v) is 15.7. The molecule has 0 unspecified atom stereocenters. The van der Waals surface area contributed by atoms with Crippen molar-refractivity contribution in [3.8, 4) is 28.4 Å². The second kappa shape index (κ2) is 6.99. The van der Waals surface area contributed by atoms with Crippen LogP contribution in [0.4, 0.5) is 0 Å². The predicted molar refractivity (Wildman–Crippen MR) is 104 cm³/mol. The van der Waals surface area contributed by atoms with Gasteiger partial charge in [-0.2, -0.15) is 0 Å². The van der Waals surface area contributed by atoms with Crippen LogP contribution < -0.4 is 19.6 Å². The van der Waals surface area contributed by atoms with Gasteiger partial charge >= 0.3 is 0 Å². The summed E-state index contributed by atoms with van der Waals surface area (Å²) >= 11 is 0. The van der Waals surface area contributed by atoms with E-state index in [0.717, 1.165) is 23.3 Å². The number of rotatable bonds is 4. The van der Waals surface area contributed by atoms with E-state index >= 15 is 0 Å². The van der Waals surface area contributed by atoms with Crippen molar-refractivity contribution in [2.45, 2.75) is 33.3 Å². The second-order valence-corrected chi connectivity index (χ2v) is 6.81. The monoisotopic (exact) mass is 366 g/mol. The van der Waals surface area contributed by atoms with Crippen molar-refractivity contribution in [2.75, 3.05) is 13.2 Å². The standard InChI is InChI=1S/C22H22O5/c1-4-14-9-16-20(11-19(14)27-13(2)3)26-12-17(22(16)23)15-5-6-18-21(10-15)25-8-7-24-18/h5-6,9-13H,4,7-8H2,1-3H3. The molecule has 2 aromatic carbocycles. The molecule has 1 aliphatic heterocycles. The number of ether oxygens (including phenoxy) is 3. The van der Waals surface area contributed by atoms with Crippen LogP contribution in [0.1, 0.15) is 26.3 Å². The Kier molecular flexibility index (Phi) is 4.52. The summed E-state index contributed by atoms with van der Waals surface area (Å²) in [4.78, 5) is 13.1.